The van der Waals surface area contributed by atoms with Crippen molar-refractivity contribution in [1.82, 2.24) is 14.4 Å². The van der Waals surface area contributed by atoms with Crippen molar-refractivity contribution in [2.75, 3.05) is 19.6 Å². The minimum atomic E-state index is 0.0371. The summed E-state index contributed by atoms with van der Waals surface area (Å²) in [7, 11) is 0. The van der Waals surface area contributed by atoms with Crippen molar-refractivity contribution in [3.05, 3.63) is 92.0 Å². The van der Waals surface area contributed by atoms with Crippen LogP contribution < -0.4 is 0 Å². The number of thiophene rings is 2. The minimum absolute atomic E-state index is 0.0371. The molecular formula is C90H145N3OS2. The van der Waals surface area contributed by atoms with Crippen LogP contribution in [0.1, 0.15) is 386 Å². The predicted octanol–water partition coefficient (Wildman–Crippen LogP) is 29.6. The van der Waals surface area contributed by atoms with Crippen LogP contribution in [0.3, 0.4) is 0 Å². The maximum absolute atomic E-state index is 16.3. The number of benzene rings is 2. The van der Waals surface area contributed by atoms with E-state index in [-0.39, 0.29) is 16.7 Å². The Morgan fingerprint density at radius 1 is 0.375 bits per heavy atom. The van der Waals surface area contributed by atoms with Crippen LogP contribution in [0.2, 0.25) is 0 Å². The van der Waals surface area contributed by atoms with E-state index < -0.39 is 0 Å². The molecule has 3 atom stereocenters. The number of rotatable bonds is 53. The molecule has 3 unspecified atom stereocenters. The van der Waals surface area contributed by atoms with Gasteiger partial charge in [-0.05, 0) is 115 Å². The zero-order valence-electron chi connectivity index (χ0n) is 64.5. The van der Waals surface area contributed by atoms with Gasteiger partial charge in [0, 0.05) is 63.3 Å². The Hall–Kier alpha value is -3.61. The summed E-state index contributed by atoms with van der Waals surface area (Å²) < 4.78 is 2.81. The number of aromatic nitrogens is 1. The van der Waals surface area contributed by atoms with E-state index in [1.54, 1.807) is 0 Å². The fourth-order valence-corrected chi connectivity index (χ4v) is 18.4. The molecule has 0 aliphatic carbocycles. The van der Waals surface area contributed by atoms with E-state index in [1.807, 2.05) is 22.7 Å². The molecule has 5 aromatic rings. The predicted molar refractivity (Wildman–Crippen MR) is 429 cm³/mol. The normalized spacial score (nSPS) is 14.9. The number of amides is 1. The topological polar surface area (TPSA) is 28.5 Å². The summed E-state index contributed by atoms with van der Waals surface area (Å²) >= 11 is 3.91. The molecule has 0 bridgehead atoms. The van der Waals surface area contributed by atoms with E-state index in [9.17, 15) is 0 Å². The van der Waals surface area contributed by atoms with Crippen molar-refractivity contribution in [3.8, 4) is 10.4 Å². The fraction of sp³-hybridized carbons (Fsp3) is 0.722. The molecule has 7 rings (SSSR count). The van der Waals surface area contributed by atoms with E-state index in [0.29, 0.717) is 17.8 Å². The lowest BCUT2D eigenvalue weighted by atomic mass is 9.86. The number of carbonyl (C=O) groups is 1. The Morgan fingerprint density at radius 2 is 0.750 bits per heavy atom. The van der Waals surface area contributed by atoms with Crippen LogP contribution in [-0.2, 0) is 22.2 Å². The summed E-state index contributed by atoms with van der Waals surface area (Å²) in [4.78, 5) is 26.7. The molecular weight excluding hydrogens is 1200 g/mol. The number of nitrogens with zero attached hydrogens (tertiary/aromatic N) is 3. The third-order valence-electron chi connectivity index (χ3n) is 22.3. The molecule has 0 N–H and O–H groups in total. The Morgan fingerprint density at radius 3 is 1.19 bits per heavy atom. The van der Waals surface area contributed by atoms with Crippen molar-refractivity contribution < 1.29 is 4.79 Å². The molecule has 5 heterocycles. The largest absolute Gasteiger partial charge is 0.365 e. The fourth-order valence-electron chi connectivity index (χ4n) is 16.2. The first-order valence-corrected chi connectivity index (χ1v) is 43.1. The lowest BCUT2D eigenvalue weighted by molar-refractivity contribution is -0.123. The highest BCUT2D eigenvalue weighted by Gasteiger charge is 2.45. The van der Waals surface area contributed by atoms with Crippen molar-refractivity contribution >= 4 is 61.8 Å². The highest BCUT2D eigenvalue weighted by atomic mass is 32.1. The first-order valence-electron chi connectivity index (χ1n) is 41.5. The van der Waals surface area contributed by atoms with Crippen molar-refractivity contribution in [3.63, 3.8) is 0 Å². The summed E-state index contributed by atoms with van der Waals surface area (Å²) in [6.07, 6.45) is 58.8. The van der Waals surface area contributed by atoms with Gasteiger partial charge < -0.3 is 14.4 Å². The van der Waals surface area contributed by atoms with Gasteiger partial charge in [0.15, 0.2) is 0 Å². The van der Waals surface area contributed by atoms with Gasteiger partial charge in [0.1, 0.15) is 0 Å². The highest BCUT2D eigenvalue weighted by Crippen LogP contribution is 2.51. The number of hydrogen-bond donors (Lipinski definition) is 0. The molecule has 3 aromatic heterocycles. The van der Waals surface area contributed by atoms with Crippen LogP contribution in [0.15, 0.2) is 71.8 Å². The minimum Gasteiger partial charge on any atom is -0.365 e. The van der Waals surface area contributed by atoms with Gasteiger partial charge in [-0.3, -0.25) is 4.79 Å². The standard InChI is InChI=1S/C90H145N3OS2/c1-13-19-25-31-35-37-38-40-44-50-55-72(54-49-43-39-36-32-26-20-14-2)68-92-79-65-74(57-59-76(79)77-60-58-75(66-80(77)92)89(7,8)9)81-61-62-83(95-81)87-85-78(70-91(87)67-71(51-45-29-23-17-5)52-47-41-33-27-21-15-3)86(82-63-64-84(96-82)90(10,11)12)93(88(85)94)69-73(53-46-30-24-18-6)56-48-42-34-28-22-16-4/h57-66,71-73H,13-56,67-70H2,1-12H3. The highest BCUT2D eigenvalue weighted by molar-refractivity contribution is 7.16. The molecule has 0 saturated heterocycles. The average molecular weight is 1350 g/mol. The SMILES string of the molecule is CCCCCCCCCCCCC(CCCCCCCCCC)Cn1c2cc(-c3ccc(C4=C5C(=O)N(CC(CCCCCC)CCCCCCCC)C(c6ccc(C(C)(C)C)s6)=C5CN4CC(CCCCCC)CCCCCCCC)s3)ccc2c2ccc(C(C)(C)C)cc21. The Bertz CT molecular complexity index is 3040. The van der Waals surface area contributed by atoms with Crippen LogP contribution >= 0.6 is 22.7 Å². The molecule has 1 amide bonds. The van der Waals surface area contributed by atoms with E-state index in [0.717, 1.165) is 31.8 Å². The van der Waals surface area contributed by atoms with Gasteiger partial charge in [-0.1, -0.05) is 351 Å². The summed E-state index contributed by atoms with van der Waals surface area (Å²) in [5, 5.41) is 2.79. The molecule has 96 heavy (non-hydrogen) atoms. The van der Waals surface area contributed by atoms with Crippen LogP contribution in [0.5, 0.6) is 0 Å². The van der Waals surface area contributed by atoms with Gasteiger partial charge in [-0.25, -0.2) is 0 Å². The van der Waals surface area contributed by atoms with Crippen LogP contribution in [0, 0.1) is 17.8 Å². The molecule has 2 aliphatic heterocycles. The van der Waals surface area contributed by atoms with Crippen molar-refractivity contribution in [2.24, 2.45) is 17.8 Å². The Balaban J connectivity index is 1.30. The van der Waals surface area contributed by atoms with Gasteiger partial charge in [-0.15, -0.1) is 22.7 Å². The van der Waals surface area contributed by atoms with Gasteiger partial charge in [0.2, 0.25) is 0 Å². The number of unbranched alkanes of at least 4 members (excludes halogenated alkanes) is 32. The van der Waals surface area contributed by atoms with Gasteiger partial charge >= 0.3 is 0 Å². The molecule has 0 fully saturated rings. The van der Waals surface area contributed by atoms with Crippen molar-refractivity contribution in [1.29, 1.82) is 0 Å². The molecule has 0 saturated carbocycles. The van der Waals surface area contributed by atoms with Crippen LogP contribution in [0.4, 0.5) is 0 Å². The van der Waals surface area contributed by atoms with Crippen LogP contribution in [0.25, 0.3) is 43.6 Å². The van der Waals surface area contributed by atoms with E-state index in [4.69, 9.17) is 0 Å². The summed E-state index contributed by atoms with van der Waals surface area (Å²) in [5.74, 6) is 2.03. The maximum Gasteiger partial charge on any atom is 0.260 e. The lowest BCUT2D eigenvalue weighted by Gasteiger charge is -2.30. The molecule has 2 aliphatic rings. The smallest absolute Gasteiger partial charge is 0.260 e. The second-order valence-electron chi connectivity index (χ2n) is 32.9. The quantitative estimate of drug-likeness (QED) is 0.0363. The average Bonchev–Trinajstić information content (AvgIpc) is 1.56. The van der Waals surface area contributed by atoms with E-state index in [1.165, 1.54) is 352 Å². The Kier molecular flexibility index (Phi) is 35.9. The van der Waals surface area contributed by atoms with E-state index >= 15 is 4.79 Å². The number of fused-ring (bicyclic) bond motifs is 4. The second kappa shape index (κ2) is 43.3. The third kappa shape index (κ3) is 24.9. The lowest BCUT2D eigenvalue weighted by Crippen LogP contribution is -2.33. The first-order chi connectivity index (χ1) is 46.6. The summed E-state index contributed by atoms with van der Waals surface area (Å²) in [5.41, 5.74) is 10.4. The van der Waals surface area contributed by atoms with Gasteiger partial charge in [-0.2, -0.15) is 0 Å². The molecule has 6 heteroatoms. The molecule has 0 spiro atoms. The zero-order valence-corrected chi connectivity index (χ0v) is 66.1. The second-order valence-corrected chi connectivity index (χ2v) is 35.1. The monoisotopic (exact) mass is 1350 g/mol. The number of carbonyl (C=O) groups excluding carboxylic acids is 1. The Labute approximate surface area is 599 Å². The van der Waals surface area contributed by atoms with E-state index in [2.05, 4.69) is 158 Å². The molecule has 4 nitrogen and oxygen atoms in total. The zero-order chi connectivity index (χ0) is 68.6. The molecule has 538 valence electrons. The first kappa shape index (κ1) is 79.7. The maximum atomic E-state index is 16.3. The summed E-state index contributed by atoms with van der Waals surface area (Å²) in [6.45, 7) is 32.0. The molecule has 0 radical (unpaired) electrons. The van der Waals surface area contributed by atoms with Crippen LogP contribution in [-0.4, -0.2) is 39.9 Å². The molecule has 2 aromatic carbocycles. The van der Waals surface area contributed by atoms with Gasteiger partial charge in [0.25, 0.3) is 5.91 Å². The summed E-state index contributed by atoms with van der Waals surface area (Å²) in [6, 6.07) is 24.6. The van der Waals surface area contributed by atoms with Gasteiger partial charge in [0.05, 0.1) is 26.7 Å². The van der Waals surface area contributed by atoms with Crippen molar-refractivity contribution in [2.45, 2.75) is 383 Å². The number of hydrogen-bond acceptors (Lipinski definition) is 4. The third-order valence-corrected chi connectivity index (χ3v) is 25.0.